The minimum absolute atomic E-state index is 0.0304. The molecular weight excluding hydrogens is 474 g/mol. The van der Waals surface area contributed by atoms with Crippen molar-refractivity contribution in [3.8, 4) is 5.75 Å². The molecule has 0 radical (unpaired) electrons. The molecule has 1 saturated heterocycles. The van der Waals surface area contributed by atoms with Crippen molar-refractivity contribution < 1.29 is 14.7 Å². The van der Waals surface area contributed by atoms with E-state index in [1.807, 2.05) is 26.8 Å². The molecule has 4 atom stereocenters. The number of hydrogen-bond donors (Lipinski definition) is 3. The third-order valence-electron chi connectivity index (χ3n) is 8.27. The zero-order valence-electron chi connectivity index (χ0n) is 25.4. The van der Waals surface area contributed by atoms with Gasteiger partial charge in [-0.1, -0.05) is 59.8 Å². The number of phenolic OH excluding ortho intramolecular Hbond substituents is 1. The van der Waals surface area contributed by atoms with E-state index in [4.69, 9.17) is 0 Å². The number of likely N-dealkylation sites (tertiary alicyclic amines) is 1. The van der Waals surface area contributed by atoms with Crippen LogP contribution in [-0.2, 0) is 27.0 Å². The Bertz CT molecular complexity index is 1070. The largest absolute Gasteiger partial charge is 0.507 e. The number of phenols is 1. The average molecular weight is 526 g/mol. The third-order valence-corrected chi connectivity index (χ3v) is 8.27. The summed E-state index contributed by atoms with van der Waals surface area (Å²) in [4.78, 5) is 28.5. The molecule has 2 aliphatic rings. The number of benzene rings is 1. The number of nitrogens with zero attached hydrogens (tertiary/aromatic N) is 1. The van der Waals surface area contributed by atoms with Crippen molar-refractivity contribution in [3.05, 3.63) is 41.5 Å². The lowest BCUT2D eigenvalue weighted by Gasteiger charge is -2.39. The normalized spacial score (nSPS) is 26.2. The molecule has 1 aliphatic heterocycles. The van der Waals surface area contributed by atoms with E-state index >= 15 is 0 Å². The van der Waals surface area contributed by atoms with E-state index in [2.05, 4.69) is 75.8 Å². The van der Waals surface area contributed by atoms with Gasteiger partial charge in [0.15, 0.2) is 0 Å². The van der Waals surface area contributed by atoms with E-state index < -0.39 is 11.1 Å². The smallest absolute Gasteiger partial charge is 0.246 e. The van der Waals surface area contributed by atoms with Gasteiger partial charge in [-0.15, -0.1) is 6.58 Å². The van der Waals surface area contributed by atoms with Gasteiger partial charge >= 0.3 is 0 Å². The van der Waals surface area contributed by atoms with Crippen LogP contribution in [-0.4, -0.2) is 46.0 Å². The second-order valence-corrected chi connectivity index (χ2v) is 14.8. The van der Waals surface area contributed by atoms with E-state index in [0.29, 0.717) is 25.1 Å². The second kappa shape index (κ2) is 10.3. The van der Waals surface area contributed by atoms with Gasteiger partial charge in [0, 0.05) is 37.7 Å². The van der Waals surface area contributed by atoms with E-state index in [9.17, 15) is 14.7 Å². The minimum Gasteiger partial charge on any atom is -0.507 e. The third kappa shape index (κ3) is 6.27. The van der Waals surface area contributed by atoms with Crippen molar-refractivity contribution in [3.63, 3.8) is 0 Å². The van der Waals surface area contributed by atoms with Gasteiger partial charge in [0.05, 0.1) is 0 Å². The van der Waals surface area contributed by atoms with Gasteiger partial charge in [-0.05, 0) is 73.3 Å². The highest BCUT2D eigenvalue weighted by Crippen LogP contribution is 2.51. The molecular formula is C32H51N3O3. The molecule has 0 bridgehead atoms. The van der Waals surface area contributed by atoms with Crippen molar-refractivity contribution in [2.75, 3.05) is 13.1 Å². The van der Waals surface area contributed by atoms with Gasteiger partial charge in [0.25, 0.3) is 0 Å². The molecule has 2 fully saturated rings. The van der Waals surface area contributed by atoms with Crippen molar-refractivity contribution >= 4 is 11.8 Å². The lowest BCUT2D eigenvalue weighted by molar-refractivity contribution is -0.136. The van der Waals surface area contributed by atoms with Gasteiger partial charge in [0.1, 0.15) is 11.3 Å². The molecule has 0 aromatic heterocycles. The molecule has 1 saturated carbocycles. The van der Waals surface area contributed by atoms with Crippen LogP contribution in [0.3, 0.4) is 0 Å². The summed E-state index contributed by atoms with van der Waals surface area (Å²) < 4.78 is 0. The Morgan fingerprint density at radius 2 is 1.71 bits per heavy atom. The first-order valence-corrected chi connectivity index (χ1v) is 14.1. The van der Waals surface area contributed by atoms with Crippen LogP contribution in [0.1, 0.15) is 98.8 Å². The summed E-state index contributed by atoms with van der Waals surface area (Å²) in [6, 6.07) is 4.32. The van der Waals surface area contributed by atoms with Crippen LogP contribution in [0.15, 0.2) is 24.8 Å². The Hall–Kier alpha value is -2.34. The lowest BCUT2D eigenvalue weighted by Crippen LogP contribution is -2.64. The van der Waals surface area contributed by atoms with Crippen LogP contribution < -0.4 is 10.6 Å². The highest BCUT2D eigenvalue weighted by Gasteiger charge is 2.60. The Kier molecular flexibility index (Phi) is 8.21. The molecule has 6 heteroatoms. The first-order valence-electron chi connectivity index (χ1n) is 14.1. The van der Waals surface area contributed by atoms with E-state index in [0.717, 1.165) is 24.2 Å². The molecule has 38 heavy (non-hydrogen) atoms. The average Bonchev–Trinajstić information content (AvgIpc) is 3.22. The van der Waals surface area contributed by atoms with E-state index in [1.165, 1.54) is 12.5 Å². The maximum atomic E-state index is 13.7. The molecule has 1 aromatic rings. The second-order valence-electron chi connectivity index (χ2n) is 14.8. The van der Waals surface area contributed by atoms with Gasteiger partial charge in [-0.3, -0.25) is 14.5 Å². The maximum absolute atomic E-state index is 13.7. The molecule has 212 valence electrons. The predicted molar refractivity (Wildman–Crippen MR) is 155 cm³/mol. The van der Waals surface area contributed by atoms with Crippen LogP contribution in [0.25, 0.3) is 0 Å². The lowest BCUT2D eigenvalue weighted by atomic mass is 9.78. The van der Waals surface area contributed by atoms with Crippen LogP contribution >= 0.6 is 0 Å². The molecule has 3 N–H and O–H groups in total. The SMILES string of the molecule is C=CC[C@H]1[C@@H]2CN(Cc3cc(C(C)(C)C)cc(C(C)(C)C)c3O)C[C@@H]2CC1(NC(C)=O)C(=O)NC(C)(C)C. The molecule has 1 heterocycles. The number of nitrogens with one attached hydrogen (secondary N) is 2. The van der Waals surface area contributed by atoms with E-state index in [1.54, 1.807) is 0 Å². The van der Waals surface area contributed by atoms with Crippen molar-refractivity contribution in [2.45, 2.75) is 111 Å². The summed E-state index contributed by atoms with van der Waals surface area (Å²) in [6.45, 7) is 26.7. The highest BCUT2D eigenvalue weighted by molar-refractivity contribution is 5.92. The monoisotopic (exact) mass is 525 g/mol. The van der Waals surface area contributed by atoms with Gasteiger partial charge < -0.3 is 15.7 Å². The summed E-state index contributed by atoms with van der Waals surface area (Å²) in [5.41, 5.74) is 1.62. The fraction of sp³-hybridized carbons (Fsp3) is 0.688. The molecule has 6 nitrogen and oxygen atoms in total. The number of aromatic hydroxyl groups is 1. The first-order chi connectivity index (χ1) is 17.3. The fourth-order valence-corrected chi connectivity index (χ4v) is 6.56. The zero-order valence-corrected chi connectivity index (χ0v) is 25.4. The van der Waals surface area contributed by atoms with Crippen molar-refractivity contribution in [1.82, 2.24) is 15.5 Å². The molecule has 2 amide bonds. The summed E-state index contributed by atoms with van der Waals surface area (Å²) in [6.07, 6.45) is 3.14. The highest BCUT2D eigenvalue weighted by atomic mass is 16.3. The number of allylic oxidation sites excluding steroid dienone is 1. The predicted octanol–water partition coefficient (Wildman–Crippen LogP) is 5.42. The number of rotatable bonds is 6. The van der Waals surface area contributed by atoms with E-state index in [-0.39, 0.29) is 40.4 Å². The van der Waals surface area contributed by atoms with Gasteiger partial charge in [-0.25, -0.2) is 0 Å². The van der Waals surface area contributed by atoms with Crippen molar-refractivity contribution in [1.29, 1.82) is 0 Å². The molecule has 1 unspecified atom stereocenters. The fourth-order valence-electron chi connectivity index (χ4n) is 6.56. The number of hydrogen-bond acceptors (Lipinski definition) is 4. The molecule has 3 rings (SSSR count). The van der Waals surface area contributed by atoms with Crippen molar-refractivity contribution in [2.24, 2.45) is 17.8 Å². The number of amides is 2. The molecule has 1 aliphatic carbocycles. The van der Waals surface area contributed by atoms with Crippen LogP contribution in [0.2, 0.25) is 0 Å². The summed E-state index contributed by atoms with van der Waals surface area (Å²) >= 11 is 0. The first kappa shape index (κ1) is 30.2. The minimum atomic E-state index is -0.942. The topological polar surface area (TPSA) is 81.7 Å². The standard InChI is InChI=1S/C32H51N3O3/c1-12-13-25-24-19-35(17-21-14-23(29(3,4)5)15-26(27(21)37)30(6,7)8)18-22(24)16-32(25,33-20(2)36)28(38)34-31(9,10)11/h12,14-15,22,24-25,37H,1,13,16-19H2,2-11H3,(H,33,36)(H,34,38)/t22-,24+,25-,32?/m0/s1. The Morgan fingerprint density at radius 1 is 1.08 bits per heavy atom. The zero-order chi connectivity index (χ0) is 28.8. The quantitative estimate of drug-likeness (QED) is 0.433. The molecule has 1 aromatic carbocycles. The number of fused-ring (bicyclic) bond motifs is 1. The Labute approximate surface area is 230 Å². The Balaban J connectivity index is 1.93. The summed E-state index contributed by atoms with van der Waals surface area (Å²) in [7, 11) is 0. The number of carbonyl (C=O) groups is 2. The Morgan fingerprint density at radius 3 is 2.21 bits per heavy atom. The van der Waals surface area contributed by atoms with Crippen LogP contribution in [0, 0.1) is 17.8 Å². The van der Waals surface area contributed by atoms with Crippen LogP contribution in [0.4, 0.5) is 0 Å². The summed E-state index contributed by atoms with van der Waals surface area (Å²) in [5, 5.41) is 17.6. The maximum Gasteiger partial charge on any atom is 0.246 e. The van der Waals surface area contributed by atoms with Gasteiger partial charge in [-0.2, -0.15) is 0 Å². The molecule has 0 spiro atoms. The van der Waals surface area contributed by atoms with Gasteiger partial charge in [0.2, 0.25) is 11.8 Å². The summed E-state index contributed by atoms with van der Waals surface area (Å²) in [5.74, 6) is 0.591. The number of carbonyl (C=O) groups excluding carboxylic acids is 2. The van der Waals surface area contributed by atoms with Crippen LogP contribution in [0.5, 0.6) is 5.75 Å².